The summed E-state index contributed by atoms with van der Waals surface area (Å²) in [5.74, 6) is 4.61. The standard InChI is InChI=1S/C17H19N3O2S2/c1-11-14(6-5-7-16(11)22-3)19-24(4,21)12-8-9-15-13(10-12)17(18)23-20(15)2/h5-10,18H,4H2,1-3H3,(H,19,21). The zero-order chi connectivity index (χ0) is 17.5. The van der Waals surface area contributed by atoms with Crippen molar-refractivity contribution in [3.63, 3.8) is 0 Å². The van der Waals surface area contributed by atoms with E-state index >= 15 is 0 Å². The fourth-order valence-corrected chi connectivity index (χ4v) is 4.68. The monoisotopic (exact) mass is 361 g/mol. The van der Waals surface area contributed by atoms with Crippen molar-refractivity contribution in [2.45, 2.75) is 11.8 Å². The summed E-state index contributed by atoms with van der Waals surface area (Å²) in [5.41, 5.74) is 2.54. The minimum atomic E-state index is -2.75. The molecule has 1 aromatic heterocycles. The van der Waals surface area contributed by atoms with Crippen molar-refractivity contribution in [2.24, 2.45) is 7.05 Å². The van der Waals surface area contributed by atoms with E-state index in [2.05, 4.69) is 10.6 Å². The maximum Gasteiger partial charge on any atom is 0.133 e. The number of rotatable bonds is 4. The van der Waals surface area contributed by atoms with Crippen LogP contribution in [0.5, 0.6) is 5.75 Å². The first-order chi connectivity index (χ1) is 11.3. The van der Waals surface area contributed by atoms with E-state index in [1.54, 1.807) is 19.2 Å². The van der Waals surface area contributed by atoms with Crippen LogP contribution in [0.3, 0.4) is 0 Å². The summed E-state index contributed by atoms with van der Waals surface area (Å²) >= 11 is 1.35. The normalized spacial score (nSPS) is 13.6. The highest BCUT2D eigenvalue weighted by Gasteiger charge is 2.13. The Morgan fingerprint density at radius 3 is 2.79 bits per heavy atom. The van der Waals surface area contributed by atoms with E-state index in [1.165, 1.54) is 11.5 Å². The van der Waals surface area contributed by atoms with Gasteiger partial charge < -0.3 is 9.46 Å². The minimum absolute atomic E-state index is 0.446. The van der Waals surface area contributed by atoms with Gasteiger partial charge in [0.05, 0.1) is 32.9 Å². The first-order valence-electron chi connectivity index (χ1n) is 7.27. The molecule has 126 valence electrons. The van der Waals surface area contributed by atoms with Gasteiger partial charge >= 0.3 is 0 Å². The van der Waals surface area contributed by atoms with Crippen molar-refractivity contribution in [1.29, 1.82) is 5.41 Å². The molecule has 5 nitrogen and oxygen atoms in total. The van der Waals surface area contributed by atoms with E-state index < -0.39 is 9.71 Å². The van der Waals surface area contributed by atoms with Crippen LogP contribution in [-0.4, -0.2) is 21.1 Å². The molecule has 3 aromatic rings. The highest BCUT2D eigenvalue weighted by Crippen LogP contribution is 2.27. The van der Waals surface area contributed by atoms with Crippen molar-refractivity contribution in [2.75, 3.05) is 11.8 Å². The Balaban J connectivity index is 2.05. The third-order valence-corrected chi connectivity index (χ3v) is 6.38. The molecule has 0 aliphatic carbocycles. The summed E-state index contributed by atoms with van der Waals surface area (Å²) < 4.78 is 23.9. The van der Waals surface area contributed by atoms with Crippen LogP contribution in [-0.2, 0) is 16.8 Å². The van der Waals surface area contributed by atoms with Gasteiger partial charge in [-0.2, -0.15) is 0 Å². The van der Waals surface area contributed by atoms with E-state index in [4.69, 9.17) is 10.1 Å². The van der Waals surface area contributed by atoms with Crippen molar-refractivity contribution < 1.29 is 8.95 Å². The number of anilines is 1. The third-order valence-electron chi connectivity index (χ3n) is 3.94. The molecule has 1 atom stereocenters. The van der Waals surface area contributed by atoms with Gasteiger partial charge in [-0.1, -0.05) is 6.07 Å². The average molecular weight is 361 g/mol. The van der Waals surface area contributed by atoms with E-state index in [0.717, 1.165) is 27.9 Å². The minimum Gasteiger partial charge on any atom is -0.496 e. The molecule has 2 N–H and O–H groups in total. The number of ether oxygens (including phenoxy) is 1. The number of aryl methyl sites for hydroxylation is 1. The van der Waals surface area contributed by atoms with Crippen molar-refractivity contribution >= 4 is 43.7 Å². The maximum absolute atomic E-state index is 13.1. The van der Waals surface area contributed by atoms with Gasteiger partial charge in [0.1, 0.15) is 10.4 Å². The van der Waals surface area contributed by atoms with Gasteiger partial charge in [0, 0.05) is 18.0 Å². The second kappa shape index (κ2) is 5.99. The molecule has 3 rings (SSSR count). The molecule has 0 aliphatic rings. The van der Waals surface area contributed by atoms with Crippen LogP contribution in [0.25, 0.3) is 10.9 Å². The molecule has 0 bridgehead atoms. The lowest BCUT2D eigenvalue weighted by molar-refractivity contribution is 0.412. The lowest BCUT2D eigenvalue weighted by Crippen LogP contribution is -2.14. The van der Waals surface area contributed by atoms with Gasteiger partial charge in [0.2, 0.25) is 0 Å². The smallest absolute Gasteiger partial charge is 0.133 e. The Morgan fingerprint density at radius 2 is 2.08 bits per heavy atom. The molecule has 0 radical (unpaired) electrons. The topological polar surface area (TPSA) is 67.1 Å². The molecule has 0 aliphatic heterocycles. The largest absolute Gasteiger partial charge is 0.496 e. The van der Waals surface area contributed by atoms with Gasteiger partial charge in [0.25, 0.3) is 0 Å². The zero-order valence-corrected chi connectivity index (χ0v) is 15.4. The molecule has 24 heavy (non-hydrogen) atoms. The summed E-state index contributed by atoms with van der Waals surface area (Å²) in [6.45, 7) is 1.90. The summed E-state index contributed by atoms with van der Waals surface area (Å²) in [6, 6.07) is 11.0. The van der Waals surface area contributed by atoms with Crippen LogP contribution in [0, 0.1) is 12.3 Å². The van der Waals surface area contributed by atoms with Gasteiger partial charge in [-0.05, 0) is 54.7 Å². The highest BCUT2D eigenvalue weighted by atomic mass is 32.2. The molecular formula is C17H19N3O2S2. The Hall–Kier alpha value is -2.25. The predicted octanol–water partition coefficient (Wildman–Crippen LogP) is 3.14. The van der Waals surface area contributed by atoms with Crippen molar-refractivity contribution in [3.8, 4) is 5.75 Å². The van der Waals surface area contributed by atoms with Crippen LogP contribution in [0.4, 0.5) is 5.69 Å². The Labute approximate surface area is 145 Å². The lowest BCUT2D eigenvalue weighted by atomic mass is 10.2. The number of nitrogens with one attached hydrogen (secondary N) is 2. The summed E-state index contributed by atoms with van der Waals surface area (Å²) in [7, 11) is 0.759. The number of fused-ring (bicyclic) bond motifs is 1. The molecule has 1 heterocycles. The fourth-order valence-electron chi connectivity index (χ4n) is 2.59. The van der Waals surface area contributed by atoms with E-state index in [9.17, 15) is 4.21 Å². The first kappa shape index (κ1) is 16.6. The molecule has 7 heteroatoms. The van der Waals surface area contributed by atoms with Crippen molar-refractivity contribution in [1.82, 2.24) is 3.96 Å². The number of methoxy groups -OCH3 is 1. The molecule has 0 fully saturated rings. The SMILES string of the molecule is C=S(=O)(Nc1cccc(OC)c1C)c1ccc2c(c1)c(=N)sn2C. The molecular weight excluding hydrogens is 342 g/mol. The number of aromatic nitrogens is 1. The molecule has 2 aromatic carbocycles. The second-order valence-electron chi connectivity index (χ2n) is 5.51. The van der Waals surface area contributed by atoms with E-state index in [1.807, 2.05) is 42.2 Å². The Bertz CT molecular complexity index is 1080. The van der Waals surface area contributed by atoms with Crippen LogP contribution < -0.4 is 14.1 Å². The van der Waals surface area contributed by atoms with Crippen molar-refractivity contribution in [3.05, 3.63) is 46.6 Å². The molecule has 0 saturated heterocycles. The van der Waals surface area contributed by atoms with E-state index in [-0.39, 0.29) is 0 Å². The fraction of sp³-hybridized carbons (Fsp3) is 0.176. The van der Waals surface area contributed by atoms with Crippen LogP contribution >= 0.6 is 11.5 Å². The van der Waals surface area contributed by atoms with Gasteiger partial charge in [-0.25, -0.2) is 4.21 Å². The third kappa shape index (κ3) is 2.81. The summed E-state index contributed by atoms with van der Waals surface area (Å²) in [5, 5.41) is 8.82. The zero-order valence-electron chi connectivity index (χ0n) is 13.8. The molecule has 0 saturated carbocycles. The number of benzene rings is 2. The van der Waals surface area contributed by atoms with Crippen LogP contribution in [0.1, 0.15) is 5.56 Å². The van der Waals surface area contributed by atoms with Gasteiger partial charge in [-0.15, -0.1) is 0 Å². The molecule has 0 spiro atoms. The molecule has 1 unspecified atom stereocenters. The maximum atomic E-state index is 13.1. The first-order valence-corrected chi connectivity index (χ1v) is 9.77. The Morgan fingerprint density at radius 1 is 1.33 bits per heavy atom. The number of hydrogen-bond donors (Lipinski definition) is 2. The number of hydrogen-bond acceptors (Lipinski definition) is 4. The predicted molar refractivity (Wildman–Crippen MR) is 102 cm³/mol. The Kier molecular flexibility index (Phi) is 4.15. The van der Waals surface area contributed by atoms with Gasteiger partial charge in [0.15, 0.2) is 0 Å². The van der Waals surface area contributed by atoms with Crippen LogP contribution in [0.2, 0.25) is 0 Å². The highest BCUT2D eigenvalue weighted by molar-refractivity contribution is 8.01. The number of nitrogens with zero attached hydrogens (tertiary/aromatic N) is 1. The van der Waals surface area contributed by atoms with Gasteiger partial charge in [-0.3, -0.25) is 9.37 Å². The summed E-state index contributed by atoms with van der Waals surface area (Å²) in [4.78, 5) is 0.573. The van der Waals surface area contributed by atoms with Crippen LogP contribution in [0.15, 0.2) is 41.3 Å². The summed E-state index contributed by atoms with van der Waals surface area (Å²) in [6.07, 6.45) is 0. The quantitative estimate of drug-likeness (QED) is 0.701. The van der Waals surface area contributed by atoms with E-state index in [0.29, 0.717) is 9.57 Å². The second-order valence-corrected chi connectivity index (χ2v) is 8.67. The average Bonchev–Trinajstić information content (AvgIpc) is 2.83. The molecule has 0 amide bonds. The lowest BCUT2D eigenvalue weighted by Gasteiger charge is -2.16.